The Bertz CT molecular complexity index is 42.9. The third-order valence-electron chi connectivity index (χ3n) is 0.114. The minimum absolute atomic E-state index is 0.192. The lowest BCUT2D eigenvalue weighted by molar-refractivity contribution is -0.133. The quantitative estimate of drug-likeness (QED) is 0.480. The van der Waals surface area contributed by atoms with Gasteiger partial charge in [-0.05, 0) is 0 Å². The van der Waals surface area contributed by atoms with Crippen molar-refractivity contribution in [1.29, 1.82) is 0 Å². The van der Waals surface area contributed by atoms with Gasteiger partial charge in [0.1, 0.15) is 0 Å². The number of hydrogen-bond donors (Lipinski definition) is 1. The van der Waals surface area contributed by atoms with Crippen molar-refractivity contribution in [3.63, 3.8) is 0 Å². The summed E-state index contributed by atoms with van der Waals surface area (Å²) >= 11 is 1.78. The molecule has 0 amide bonds. The van der Waals surface area contributed by atoms with Crippen molar-refractivity contribution in [3.8, 4) is 0 Å². The maximum atomic E-state index is 9.36. The molecule has 0 spiro atoms. The highest BCUT2D eigenvalue weighted by Crippen LogP contribution is 1.75. The van der Waals surface area contributed by atoms with Gasteiger partial charge in [-0.2, -0.15) is 0 Å². The summed E-state index contributed by atoms with van der Waals surface area (Å²) < 4.78 is 0.192. The van der Waals surface area contributed by atoms with Gasteiger partial charge in [0.25, 0.3) is 0 Å². The molecule has 0 aliphatic heterocycles. The predicted octanol–water partition coefficient (Wildman–Crippen LogP) is 0.506. The van der Waals surface area contributed by atoms with Crippen molar-refractivity contribution in [3.05, 3.63) is 0 Å². The van der Waals surface area contributed by atoms with E-state index in [0.29, 0.717) is 0 Å². The lowest BCUT2D eigenvalue weighted by Gasteiger charge is -1.70. The molecule has 5 heavy (non-hydrogen) atoms. The Balaban J connectivity index is 2.85. The van der Waals surface area contributed by atoms with Crippen LogP contribution in [-0.2, 0) is 4.79 Å². The van der Waals surface area contributed by atoms with Crippen LogP contribution in [-0.4, -0.2) is 15.5 Å². The molecule has 0 aromatic carbocycles. The molecule has 0 aliphatic rings. The fraction of sp³-hybridized carbons (Fsp3) is 0.500. The van der Waals surface area contributed by atoms with Gasteiger partial charge in [0.05, 0.1) is 4.43 Å². The van der Waals surface area contributed by atoms with Crippen molar-refractivity contribution in [1.82, 2.24) is 0 Å². The minimum atomic E-state index is -0.759. The van der Waals surface area contributed by atoms with Gasteiger partial charge >= 0.3 is 5.97 Å². The largest absolute Gasteiger partial charge is 0.481 e. The van der Waals surface area contributed by atoms with Crippen molar-refractivity contribution in [2.24, 2.45) is 0 Å². The van der Waals surface area contributed by atoms with E-state index in [4.69, 9.17) is 5.11 Å². The Labute approximate surface area is 43.3 Å². The van der Waals surface area contributed by atoms with Crippen LogP contribution >= 0.6 is 22.6 Å². The van der Waals surface area contributed by atoms with Crippen LogP contribution < -0.4 is 0 Å². The van der Waals surface area contributed by atoms with E-state index >= 15 is 0 Å². The topological polar surface area (TPSA) is 37.3 Å². The van der Waals surface area contributed by atoms with Gasteiger partial charge in [0.15, 0.2) is 0 Å². The molecular weight excluding hydrogens is 185 g/mol. The Hall–Kier alpha value is 0.200. The van der Waals surface area contributed by atoms with Gasteiger partial charge < -0.3 is 5.11 Å². The number of aliphatic carboxylic acids is 1. The Kier molecular flexibility index (Phi) is 2.54. The molecule has 0 saturated heterocycles. The molecule has 0 atom stereocenters. The summed E-state index contributed by atoms with van der Waals surface area (Å²) in [6.45, 7) is 0. The molecule has 0 saturated carbocycles. The van der Waals surface area contributed by atoms with Crippen LogP contribution in [0.4, 0.5) is 0 Å². The molecule has 1 N–H and O–H groups in total. The summed E-state index contributed by atoms with van der Waals surface area (Å²) in [4.78, 5) is 9.36. The molecule has 0 heterocycles. The fourth-order valence-electron chi connectivity index (χ4n) is 0. The molecule has 30 valence electrons. The average Bonchev–Trinajstić information content (AvgIpc) is 1.38. The number of carboxylic acid groups (broad SMARTS) is 1. The summed E-state index contributed by atoms with van der Waals surface area (Å²) in [6, 6.07) is 0. The van der Waals surface area contributed by atoms with Crippen molar-refractivity contribution in [2.75, 3.05) is 4.43 Å². The Morgan fingerprint density at radius 3 is 2.20 bits per heavy atom. The summed E-state index contributed by atoms with van der Waals surface area (Å²) in [5.41, 5.74) is 0. The Morgan fingerprint density at radius 2 is 2.20 bits per heavy atom. The van der Waals surface area contributed by atoms with E-state index < -0.39 is 5.97 Å². The zero-order valence-electron chi connectivity index (χ0n) is 2.44. The number of hydrogen-bond acceptors (Lipinski definition) is 1. The third kappa shape index (κ3) is 4.20. The molecule has 3 heteroatoms. The smallest absolute Gasteiger partial charge is 0.313 e. The van der Waals surface area contributed by atoms with Crippen LogP contribution in [0.2, 0.25) is 0 Å². The van der Waals surface area contributed by atoms with Crippen molar-refractivity contribution >= 4 is 28.6 Å². The van der Waals surface area contributed by atoms with Crippen LogP contribution in [0.5, 0.6) is 0 Å². The van der Waals surface area contributed by atoms with Gasteiger partial charge in [0, 0.05) is 0 Å². The minimum Gasteiger partial charge on any atom is -0.481 e. The summed E-state index contributed by atoms with van der Waals surface area (Å²) in [7, 11) is 0. The molecule has 0 unspecified atom stereocenters. The molecule has 0 aromatic heterocycles. The van der Waals surface area contributed by atoms with Gasteiger partial charge in [-0.3, -0.25) is 4.79 Å². The molecule has 2 nitrogen and oxygen atoms in total. The molecule has 0 bridgehead atoms. The SMILES string of the molecule is O=[14C](O)CI. The first-order valence-electron chi connectivity index (χ1n) is 1.05. The molecule has 0 aliphatic carbocycles. The van der Waals surface area contributed by atoms with Crippen LogP contribution in [0, 0.1) is 0 Å². The number of carboxylic acids is 1. The first-order valence-corrected chi connectivity index (χ1v) is 2.57. The van der Waals surface area contributed by atoms with Gasteiger partial charge in [-0.15, -0.1) is 0 Å². The highest BCUT2D eigenvalue weighted by Gasteiger charge is 1.82. The number of carbonyl (C=O) groups is 1. The fourth-order valence-corrected chi connectivity index (χ4v) is 0. The highest BCUT2D eigenvalue weighted by atomic mass is 127. The number of rotatable bonds is 1. The van der Waals surface area contributed by atoms with E-state index in [2.05, 4.69) is 0 Å². The van der Waals surface area contributed by atoms with E-state index in [9.17, 15) is 4.79 Å². The number of alkyl halides is 1. The molecule has 0 rings (SSSR count). The lowest BCUT2D eigenvalue weighted by Crippen LogP contribution is -1.91. The van der Waals surface area contributed by atoms with Crippen LogP contribution in [0.15, 0.2) is 0 Å². The summed E-state index contributed by atoms with van der Waals surface area (Å²) in [5.74, 6) is -0.759. The molecular formula is C2H3IO2. The maximum Gasteiger partial charge on any atom is 0.313 e. The van der Waals surface area contributed by atoms with Crippen LogP contribution in [0.3, 0.4) is 0 Å². The average molecular weight is 188 g/mol. The third-order valence-corrected chi connectivity index (χ3v) is 0.767. The highest BCUT2D eigenvalue weighted by molar-refractivity contribution is 14.1. The lowest BCUT2D eigenvalue weighted by atomic mass is 11.5. The second-order valence-electron chi connectivity index (χ2n) is 0.527. The predicted molar refractivity (Wildman–Crippen MR) is 26.5 cm³/mol. The van der Waals surface area contributed by atoms with Gasteiger partial charge in [-0.1, -0.05) is 22.6 Å². The standard InChI is InChI=1S/C2H3IO2/c3-1-2(4)5/h1H2,(H,4,5)/i2+2. The van der Waals surface area contributed by atoms with E-state index in [-0.39, 0.29) is 4.43 Å². The Morgan fingerprint density at radius 1 is 2.00 bits per heavy atom. The monoisotopic (exact) mass is 188 g/mol. The molecule has 0 aromatic rings. The normalized spacial score (nSPS) is 7.40. The first kappa shape index (κ1) is 5.20. The van der Waals surface area contributed by atoms with E-state index in [0.717, 1.165) is 0 Å². The second kappa shape index (κ2) is 2.44. The summed E-state index contributed by atoms with van der Waals surface area (Å²) in [6.07, 6.45) is 0. The molecule has 0 fully saturated rings. The molecule has 0 radical (unpaired) electrons. The van der Waals surface area contributed by atoms with E-state index in [1.165, 1.54) is 0 Å². The van der Waals surface area contributed by atoms with Crippen molar-refractivity contribution < 1.29 is 9.90 Å². The number of halogens is 1. The maximum absolute atomic E-state index is 9.36. The first-order chi connectivity index (χ1) is 2.27. The van der Waals surface area contributed by atoms with Crippen molar-refractivity contribution in [2.45, 2.75) is 0 Å². The van der Waals surface area contributed by atoms with Gasteiger partial charge in [-0.25, -0.2) is 0 Å². The zero-order chi connectivity index (χ0) is 4.28. The summed E-state index contributed by atoms with van der Waals surface area (Å²) in [5, 5.41) is 7.71. The van der Waals surface area contributed by atoms with Crippen LogP contribution in [0.25, 0.3) is 0 Å². The van der Waals surface area contributed by atoms with Crippen LogP contribution in [0.1, 0.15) is 0 Å². The van der Waals surface area contributed by atoms with E-state index in [1.807, 2.05) is 0 Å². The van der Waals surface area contributed by atoms with E-state index in [1.54, 1.807) is 22.6 Å². The van der Waals surface area contributed by atoms with Gasteiger partial charge in [0.2, 0.25) is 0 Å². The zero-order valence-corrected chi connectivity index (χ0v) is 4.60. The second-order valence-corrected chi connectivity index (χ2v) is 1.29.